The van der Waals surface area contributed by atoms with E-state index >= 15 is 0 Å². The summed E-state index contributed by atoms with van der Waals surface area (Å²) >= 11 is 0. The van der Waals surface area contributed by atoms with Crippen molar-refractivity contribution in [3.8, 4) is 0 Å². The van der Waals surface area contributed by atoms with Crippen LogP contribution in [0, 0.1) is 11.3 Å². The van der Waals surface area contributed by atoms with E-state index in [1.54, 1.807) is 27.7 Å². The molecule has 0 aliphatic heterocycles. The fourth-order valence-corrected chi connectivity index (χ4v) is 1.96. The average Bonchev–Trinajstić information content (AvgIpc) is 2.15. The van der Waals surface area contributed by atoms with Gasteiger partial charge in [0.1, 0.15) is 5.60 Å². The van der Waals surface area contributed by atoms with Crippen LogP contribution in [-0.2, 0) is 14.3 Å². The third-order valence-corrected chi connectivity index (χ3v) is 3.01. The summed E-state index contributed by atoms with van der Waals surface area (Å²) < 4.78 is 5.32. The molecule has 4 nitrogen and oxygen atoms in total. The van der Waals surface area contributed by atoms with Gasteiger partial charge in [0.25, 0.3) is 0 Å². The van der Waals surface area contributed by atoms with E-state index in [1.165, 1.54) is 0 Å². The van der Waals surface area contributed by atoms with Crippen molar-refractivity contribution in [2.24, 2.45) is 11.3 Å². The molecule has 1 aliphatic carbocycles. The van der Waals surface area contributed by atoms with Crippen LogP contribution in [0.3, 0.4) is 0 Å². The number of esters is 1. The number of ether oxygens (including phenoxy) is 1. The maximum atomic E-state index is 12.1. The fourth-order valence-electron chi connectivity index (χ4n) is 1.96. The van der Waals surface area contributed by atoms with Crippen LogP contribution in [0.4, 0.5) is 0 Å². The Morgan fingerprint density at radius 1 is 1.35 bits per heavy atom. The van der Waals surface area contributed by atoms with Gasteiger partial charge in [-0.3, -0.25) is 9.59 Å². The lowest BCUT2D eigenvalue weighted by atomic mass is 9.70. The molecule has 2 unspecified atom stereocenters. The summed E-state index contributed by atoms with van der Waals surface area (Å²) in [6.07, 6.45) is 4.46. The number of carboxylic acid groups (broad SMARTS) is 1. The van der Waals surface area contributed by atoms with E-state index in [-0.39, 0.29) is 0 Å². The summed E-state index contributed by atoms with van der Waals surface area (Å²) in [5.74, 6) is -2.08. The Bertz CT molecular complexity index is 351. The minimum Gasteiger partial charge on any atom is -0.481 e. The number of carbonyl (C=O) groups excluding carboxylic acids is 1. The van der Waals surface area contributed by atoms with Gasteiger partial charge in [-0.1, -0.05) is 12.2 Å². The first-order valence-corrected chi connectivity index (χ1v) is 5.78. The first kappa shape index (κ1) is 13.7. The van der Waals surface area contributed by atoms with Gasteiger partial charge in [0.2, 0.25) is 0 Å². The maximum Gasteiger partial charge on any atom is 0.313 e. The van der Waals surface area contributed by atoms with Crippen molar-refractivity contribution in [2.75, 3.05) is 0 Å². The van der Waals surface area contributed by atoms with Gasteiger partial charge in [-0.25, -0.2) is 0 Å². The summed E-state index contributed by atoms with van der Waals surface area (Å²) in [6.45, 7) is 7.01. The number of hydrogen-bond acceptors (Lipinski definition) is 3. The van der Waals surface area contributed by atoms with Gasteiger partial charge in [0.05, 0.1) is 11.3 Å². The van der Waals surface area contributed by atoms with Crippen LogP contribution in [0.2, 0.25) is 0 Å². The molecule has 0 fully saturated rings. The molecule has 17 heavy (non-hydrogen) atoms. The van der Waals surface area contributed by atoms with Crippen molar-refractivity contribution in [3.05, 3.63) is 12.2 Å². The molecule has 0 bridgehead atoms. The topological polar surface area (TPSA) is 63.6 Å². The molecule has 1 N–H and O–H groups in total. The van der Waals surface area contributed by atoms with Crippen molar-refractivity contribution >= 4 is 11.9 Å². The van der Waals surface area contributed by atoms with E-state index in [9.17, 15) is 14.7 Å². The highest BCUT2D eigenvalue weighted by Crippen LogP contribution is 2.40. The van der Waals surface area contributed by atoms with Gasteiger partial charge >= 0.3 is 11.9 Å². The van der Waals surface area contributed by atoms with Gasteiger partial charge in [-0.2, -0.15) is 0 Å². The normalized spacial score (nSPS) is 28.8. The average molecular weight is 240 g/mol. The van der Waals surface area contributed by atoms with E-state index in [1.807, 2.05) is 12.2 Å². The second kappa shape index (κ2) is 4.51. The van der Waals surface area contributed by atoms with Gasteiger partial charge in [0.15, 0.2) is 0 Å². The standard InChI is InChI=1S/C13H20O4/c1-12(2,3)17-11(16)13(4)8-6-5-7-9(13)10(14)15/h5-6,9H,7-8H2,1-4H3,(H,14,15). The highest BCUT2D eigenvalue weighted by Gasteiger charge is 2.47. The van der Waals surface area contributed by atoms with Gasteiger partial charge in [0, 0.05) is 0 Å². The molecule has 0 aromatic carbocycles. The molecule has 0 aromatic heterocycles. The summed E-state index contributed by atoms with van der Waals surface area (Å²) in [5.41, 5.74) is -1.56. The van der Waals surface area contributed by atoms with Gasteiger partial charge < -0.3 is 9.84 Å². The number of rotatable bonds is 2. The highest BCUT2D eigenvalue weighted by molar-refractivity contribution is 5.85. The smallest absolute Gasteiger partial charge is 0.313 e. The molecule has 1 aliphatic rings. The van der Waals surface area contributed by atoms with E-state index in [0.717, 1.165) is 0 Å². The van der Waals surface area contributed by atoms with Crippen LogP contribution in [0.15, 0.2) is 12.2 Å². The molecule has 96 valence electrons. The van der Waals surface area contributed by atoms with E-state index in [2.05, 4.69) is 0 Å². The predicted molar refractivity (Wildman–Crippen MR) is 63.5 cm³/mol. The quantitative estimate of drug-likeness (QED) is 0.594. The Hall–Kier alpha value is -1.32. The molecule has 0 saturated carbocycles. The lowest BCUT2D eigenvalue weighted by molar-refractivity contribution is -0.175. The molecule has 0 saturated heterocycles. The Morgan fingerprint density at radius 2 is 1.94 bits per heavy atom. The van der Waals surface area contributed by atoms with E-state index in [0.29, 0.717) is 12.8 Å². The molecule has 2 atom stereocenters. The lowest BCUT2D eigenvalue weighted by Gasteiger charge is -2.36. The first-order chi connectivity index (χ1) is 7.67. The van der Waals surface area contributed by atoms with Crippen LogP contribution < -0.4 is 0 Å². The SMILES string of the molecule is CC(C)(C)OC(=O)C1(C)CC=CCC1C(=O)O. The Kier molecular flexibility index (Phi) is 3.65. The number of allylic oxidation sites excluding steroid dienone is 2. The fraction of sp³-hybridized carbons (Fsp3) is 0.692. The lowest BCUT2D eigenvalue weighted by Crippen LogP contribution is -2.44. The summed E-state index contributed by atoms with van der Waals surface area (Å²) in [5, 5.41) is 9.18. The molecule has 0 amide bonds. The minimum atomic E-state index is -0.964. The van der Waals surface area contributed by atoms with Crippen molar-refractivity contribution in [1.82, 2.24) is 0 Å². The number of carbonyl (C=O) groups is 2. The number of carboxylic acids is 1. The summed E-state index contributed by atoms with van der Waals surface area (Å²) in [7, 11) is 0. The van der Waals surface area contributed by atoms with Crippen LogP contribution in [-0.4, -0.2) is 22.6 Å². The van der Waals surface area contributed by atoms with Crippen molar-refractivity contribution in [3.63, 3.8) is 0 Å². The molecule has 0 heterocycles. The van der Waals surface area contributed by atoms with Crippen molar-refractivity contribution in [1.29, 1.82) is 0 Å². The molecular formula is C13H20O4. The Balaban J connectivity index is 2.94. The minimum absolute atomic E-state index is 0.380. The monoisotopic (exact) mass is 240 g/mol. The summed E-state index contributed by atoms with van der Waals surface area (Å²) in [6, 6.07) is 0. The molecule has 0 spiro atoms. The van der Waals surface area contributed by atoms with E-state index < -0.39 is 28.9 Å². The zero-order chi connectivity index (χ0) is 13.3. The number of hydrogen-bond donors (Lipinski definition) is 1. The zero-order valence-electron chi connectivity index (χ0n) is 10.8. The van der Waals surface area contributed by atoms with Crippen LogP contribution in [0.1, 0.15) is 40.5 Å². The Labute approximate surface area is 102 Å². The second-order valence-corrected chi connectivity index (χ2v) is 5.72. The van der Waals surface area contributed by atoms with Crippen LogP contribution in [0.25, 0.3) is 0 Å². The van der Waals surface area contributed by atoms with Gasteiger partial charge in [-0.05, 0) is 40.5 Å². The largest absolute Gasteiger partial charge is 0.481 e. The molecule has 0 radical (unpaired) electrons. The van der Waals surface area contributed by atoms with Crippen molar-refractivity contribution in [2.45, 2.75) is 46.1 Å². The molecule has 1 rings (SSSR count). The third kappa shape index (κ3) is 3.08. The summed E-state index contributed by atoms with van der Waals surface area (Å²) in [4.78, 5) is 23.3. The van der Waals surface area contributed by atoms with Crippen LogP contribution >= 0.6 is 0 Å². The van der Waals surface area contributed by atoms with Crippen molar-refractivity contribution < 1.29 is 19.4 Å². The predicted octanol–water partition coefficient (Wildman–Crippen LogP) is 2.39. The zero-order valence-corrected chi connectivity index (χ0v) is 10.8. The molecule has 4 heteroatoms. The Morgan fingerprint density at radius 3 is 2.41 bits per heavy atom. The van der Waals surface area contributed by atoms with E-state index in [4.69, 9.17) is 4.74 Å². The highest BCUT2D eigenvalue weighted by atomic mass is 16.6. The number of aliphatic carboxylic acids is 1. The van der Waals surface area contributed by atoms with Crippen LogP contribution in [0.5, 0.6) is 0 Å². The first-order valence-electron chi connectivity index (χ1n) is 5.78. The molecular weight excluding hydrogens is 220 g/mol. The second-order valence-electron chi connectivity index (χ2n) is 5.72. The van der Waals surface area contributed by atoms with Gasteiger partial charge in [-0.15, -0.1) is 0 Å². The maximum absolute atomic E-state index is 12.1. The third-order valence-electron chi connectivity index (χ3n) is 3.01. The molecule has 0 aromatic rings.